The second-order valence-corrected chi connectivity index (χ2v) is 4.52. The van der Waals surface area contributed by atoms with E-state index in [1.54, 1.807) is 0 Å². The minimum absolute atomic E-state index is 0.300. The zero-order valence-corrected chi connectivity index (χ0v) is 10.6. The molecule has 3 aromatic rings. The highest BCUT2D eigenvalue weighted by molar-refractivity contribution is 9.10. The molecule has 3 rings (SSSR count). The lowest BCUT2D eigenvalue weighted by atomic mass is 10.3. The first-order valence-corrected chi connectivity index (χ1v) is 5.94. The highest BCUT2D eigenvalue weighted by Gasteiger charge is 2.09. The number of nitrogens with zero attached hydrogens (tertiary/aromatic N) is 3. The van der Waals surface area contributed by atoms with Gasteiger partial charge in [0.05, 0.1) is 6.33 Å². The third-order valence-corrected chi connectivity index (χ3v) is 2.90. The van der Waals surface area contributed by atoms with E-state index >= 15 is 0 Å². The van der Waals surface area contributed by atoms with Gasteiger partial charge in [-0.3, -0.25) is 0 Å². The second-order valence-electron chi connectivity index (χ2n) is 3.60. The summed E-state index contributed by atoms with van der Waals surface area (Å²) >= 11 is 3.37. The molecule has 0 aliphatic carbocycles. The number of benzene rings is 1. The van der Waals surface area contributed by atoms with Crippen LogP contribution in [0.2, 0.25) is 0 Å². The van der Waals surface area contributed by atoms with Crippen molar-refractivity contribution in [1.29, 1.82) is 0 Å². The van der Waals surface area contributed by atoms with Crippen molar-refractivity contribution in [3.05, 3.63) is 35.1 Å². The molecule has 2 aromatic heterocycles. The van der Waals surface area contributed by atoms with Gasteiger partial charge < -0.3 is 15.4 Å². The third kappa shape index (κ3) is 2.00. The minimum atomic E-state index is -0.300. The Labute approximate surface area is 110 Å². The summed E-state index contributed by atoms with van der Waals surface area (Å²) in [6, 6.07) is 7.30. The van der Waals surface area contributed by atoms with Crippen LogP contribution in [0, 0.1) is 0 Å². The van der Waals surface area contributed by atoms with Crippen LogP contribution >= 0.6 is 15.9 Å². The van der Waals surface area contributed by atoms with Crippen molar-refractivity contribution in [2.75, 3.05) is 5.32 Å². The molecule has 0 saturated carbocycles. The van der Waals surface area contributed by atoms with E-state index in [0.29, 0.717) is 17.0 Å². The van der Waals surface area contributed by atoms with E-state index in [0.717, 1.165) is 10.2 Å². The number of nitrogens with one attached hydrogen (secondary N) is 2. The van der Waals surface area contributed by atoms with E-state index in [1.807, 2.05) is 24.3 Å². The summed E-state index contributed by atoms with van der Waals surface area (Å²) in [4.78, 5) is 14.7. The van der Waals surface area contributed by atoms with Crippen molar-refractivity contribution in [3.63, 3.8) is 0 Å². The van der Waals surface area contributed by atoms with Gasteiger partial charge in [0, 0.05) is 10.2 Å². The van der Waals surface area contributed by atoms with E-state index in [4.69, 9.17) is 0 Å². The Kier molecular flexibility index (Phi) is 2.60. The predicted octanol–water partition coefficient (Wildman–Crippen LogP) is 2.56. The van der Waals surface area contributed by atoms with Crippen LogP contribution in [0.3, 0.4) is 0 Å². The number of aromatic hydroxyl groups is 1. The van der Waals surface area contributed by atoms with Crippen LogP contribution in [0.4, 0.5) is 11.5 Å². The summed E-state index contributed by atoms with van der Waals surface area (Å²) in [5, 5.41) is 12.5. The fourth-order valence-corrected chi connectivity index (χ4v) is 1.85. The van der Waals surface area contributed by atoms with E-state index in [9.17, 15) is 5.11 Å². The quantitative estimate of drug-likeness (QED) is 0.677. The molecule has 0 fully saturated rings. The summed E-state index contributed by atoms with van der Waals surface area (Å²) in [5.74, 6) is 0.459. The highest BCUT2D eigenvalue weighted by atomic mass is 79.9. The number of anilines is 2. The minimum Gasteiger partial charge on any atom is -0.479 e. The zero-order valence-electron chi connectivity index (χ0n) is 9.05. The van der Waals surface area contributed by atoms with Gasteiger partial charge in [0.15, 0.2) is 17.0 Å². The Morgan fingerprint density at radius 2 is 1.94 bits per heavy atom. The lowest BCUT2D eigenvalue weighted by Crippen LogP contribution is -1.96. The van der Waals surface area contributed by atoms with Crippen LogP contribution in [-0.2, 0) is 0 Å². The molecule has 0 bridgehead atoms. The van der Waals surface area contributed by atoms with Crippen molar-refractivity contribution in [2.24, 2.45) is 0 Å². The van der Waals surface area contributed by atoms with Crippen molar-refractivity contribution < 1.29 is 5.11 Å². The fourth-order valence-electron chi connectivity index (χ4n) is 1.58. The van der Waals surface area contributed by atoms with E-state index in [2.05, 4.69) is 41.2 Å². The number of aromatic amines is 1. The number of fused-ring (bicyclic) bond motifs is 1. The summed E-state index contributed by atoms with van der Waals surface area (Å²) in [5.41, 5.74) is 1.92. The molecule has 7 heteroatoms. The number of aromatic nitrogens is 4. The maximum Gasteiger partial charge on any atom is 0.317 e. The molecule has 0 spiro atoms. The van der Waals surface area contributed by atoms with Gasteiger partial charge in [0.1, 0.15) is 0 Å². The lowest BCUT2D eigenvalue weighted by Gasteiger charge is -2.06. The average Bonchev–Trinajstić information content (AvgIpc) is 2.80. The molecular weight excluding hydrogens is 298 g/mol. The predicted molar refractivity (Wildman–Crippen MR) is 70.8 cm³/mol. The molecule has 0 saturated heterocycles. The van der Waals surface area contributed by atoms with E-state index in [-0.39, 0.29) is 6.01 Å². The monoisotopic (exact) mass is 305 g/mol. The van der Waals surface area contributed by atoms with Gasteiger partial charge >= 0.3 is 6.01 Å². The normalized spacial score (nSPS) is 10.7. The SMILES string of the molecule is Oc1nc(Nc2ccc(Br)cc2)c2nc[nH]c2n1. The van der Waals surface area contributed by atoms with Crippen LogP contribution in [0.5, 0.6) is 6.01 Å². The molecule has 3 N–H and O–H groups in total. The van der Waals surface area contributed by atoms with Crippen molar-refractivity contribution in [2.45, 2.75) is 0 Å². The maximum absolute atomic E-state index is 9.43. The summed E-state index contributed by atoms with van der Waals surface area (Å²) in [6.45, 7) is 0. The molecule has 0 atom stereocenters. The zero-order chi connectivity index (χ0) is 12.5. The van der Waals surface area contributed by atoms with Gasteiger partial charge in [-0.15, -0.1) is 0 Å². The Hall–Kier alpha value is -2.15. The second kappa shape index (κ2) is 4.26. The van der Waals surface area contributed by atoms with Crippen molar-refractivity contribution in [3.8, 4) is 6.01 Å². The molecular formula is C11H8BrN5O. The van der Waals surface area contributed by atoms with Gasteiger partial charge in [-0.25, -0.2) is 4.98 Å². The number of hydrogen-bond acceptors (Lipinski definition) is 5. The van der Waals surface area contributed by atoms with E-state index in [1.165, 1.54) is 6.33 Å². The highest BCUT2D eigenvalue weighted by Crippen LogP contribution is 2.23. The lowest BCUT2D eigenvalue weighted by molar-refractivity contribution is 0.433. The summed E-state index contributed by atoms with van der Waals surface area (Å²) in [6.07, 6.45) is 1.51. The first-order valence-electron chi connectivity index (χ1n) is 5.15. The van der Waals surface area contributed by atoms with Gasteiger partial charge in [0.2, 0.25) is 0 Å². The first kappa shape index (κ1) is 11.0. The summed E-state index contributed by atoms with van der Waals surface area (Å²) in [7, 11) is 0. The Morgan fingerprint density at radius 1 is 1.17 bits per heavy atom. The van der Waals surface area contributed by atoms with Gasteiger partial charge in [-0.1, -0.05) is 15.9 Å². The smallest absolute Gasteiger partial charge is 0.317 e. The number of hydrogen-bond donors (Lipinski definition) is 3. The molecule has 0 amide bonds. The largest absolute Gasteiger partial charge is 0.479 e. The van der Waals surface area contributed by atoms with Crippen LogP contribution in [-0.4, -0.2) is 25.0 Å². The molecule has 0 unspecified atom stereocenters. The van der Waals surface area contributed by atoms with Crippen LogP contribution in [0.15, 0.2) is 35.1 Å². The Balaban J connectivity index is 2.03. The molecule has 6 nitrogen and oxygen atoms in total. The molecule has 0 aliphatic heterocycles. The maximum atomic E-state index is 9.43. The number of rotatable bonds is 2. The third-order valence-electron chi connectivity index (χ3n) is 2.37. The topological polar surface area (TPSA) is 86.7 Å². The van der Waals surface area contributed by atoms with Gasteiger partial charge in [0.25, 0.3) is 0 Å². The van der Waals surface area contributed by atoms with Crippen LogP contribution in [0.25, 0.3) is 11.2 Å². The standard InChI is InChI=1S/C11H8BrN5O/c12-6-1-3-7(4-2-6)15-10-8-9(14-5-13-8)16-11(18)17-10/h1-5H,(H3,13,14,15,16,17,18). The number of H-pyrrole nitrogens is 1. The number of halogens is 1. The fraction of sp³-hybridized carbons (Fsp3) is 0. The molecule has 90 valence electrons. The molecule has 0 aliphatic rings. The van der Waals surface area contributed by atoms with Crippen LogP contribution in [0.1, 0.15) is 0 Å². The molecule has 18 heavy (non-hydrogen) atoms. The summed E-state index contributed by atoms with van der Waals surface area (Å²) < 4.78 is 0.989. The van der Waals surface area contributed by atoms with Crippen molar-refractivity contribution >= 4 is 38.6 Å². The average molecular weight is 306 g/mol. The molecule has 2 heterocycles. The van der Waals surface area contributed by atoms with E-state index < -0.39 is 0 Å². The van der Waals surface area contributed by atoms with Gasteiger partial charge in [-0.05, 0) is 24.3 Å². The molecule has 1 aromatic carbocycles. The van der Waals surface area contributed by atoms with Gasteiger partial charge in [-0.2, -0.15) is 9.97 Å². The van der Waals surface area contributed by atoms with Crippen molar-refractivity contribution in [1.82, 2.24) is 19.9 Å². The first-order chi connectivity index (χ1) is 8.72. The Morgan fingerprint density at radius 3 is 2.72 bits per heavy atom. The van der Waals surface area contributed by atoms with Crippen LogP contribution < -0.4 is 5.32 Å². The Bertz CT molecular complexity index is 694. The molecule has 0 radical (unpaired) electrons. The number of imidazole rings is 1.